The molecule has 1 aromatic rings. The van der Waals surface area contributed by atoms with Crippen LogP contribution in [0.5, 0.6) is 0 Å². The van der Waals surface area contributed by atoms with Crippen molar-refractivity contribution in [2.24, 2.45) is 5.41 Å². The topological polar surface area (TPSA) is 42.7 Å². The average molecular weight is 208 g/mol. The molecule has 0 radical (unpaired) electrons. The van der Waals surface area contributed by atoms with E-state index in [0.29, 0.717) is 6.04 Å². The highest BCUT2D eigenvalue weighted by Crippen LogP contribution is 2.23. The van der Waals surface area contributed by atoms with Crippen molar-refractivity contribution in [2.45, 2.75) is 40.2 Å². The zero-order valence-electron chi connectivity index (χ0n) is 10.0. The van der Waals surface area contributed by atoms with Crippen molar-refractivity contribution in [1.82, 2.24) is 20.1 Å². The van der Waals surface area contributed by atoms with Crippen molar-refractivity contribution in [1.29, 1.82) is 0 Å². The minimum atomic E-state index is 0.272. The Kier molecular flexibility index (Phi) is 2.54. The van der Waals surface area contributed by atoms with E-state index in [9.17, 15) is 0 Å². The number of hydrogen-bond donors (Lipinski definition) is 1. The van der Waals surface area contributed by atoms with E-state index < -0.39 is 0 Å². The highest BCUT2D eigenvalue weighted by atomic mass is 15.3. The molecule has 2 heterocycles. The molecule has 15 heavy (non-hydrogen) atoms. The van der Waals surface area contributed by atoms with Crippen LogP contribution in [0.3, 0.4) is 0 Å². The first kappa shape index (κ1) is 10.6. The molecule has 0 amide bonds. The number of rotatable bonds is 2. The summed E-state index contributed by atoms with van der Waals surface area (Å²) in [6, 6.07) is 0.567. The van der Waals surface area contributed by atoms with E-state index in [4.69, 9.17) is 0 Å². The zero-order chi connectivity index (χ0) is 11.1. The zero-order valence-corrected chi connectivity index (χ0v) is 10.0. The molecule has 4 heteroatoms. The maximum atomic E-state index is 4.29. The van der Waals surface area contributed by atoms with Gasteiger partial charge in [-0.05, 0) is 12.3 Å². The number of aromatic nitrogens is 3. The molecule has 4 nitrogen and oxygen atoms in total. The number of nitrogens with one attached hydrogen (secondary N) is 1. The van der Waals surface area contributed by atoms with Crippen LogP contribution in [0.15, 0.2) is 0 Å². The van der Waals surface area contributed by atoms with E-state index in [1.165, 1.54) is 0 Å². The fourth-order valence-electron chi connectivity index (χ4n) is 1.94. The molecule has 0 aromatic carbocycles. The van der Waals surface area contributed by atoms with Gasteiger partial charge in [-0.3, -0.25) is 0 Å². The molecular weight excluding hydrogens is 188 g/mol. The maximum absolute atomic E-state index is 4.29. The second-order valence-electron chi connectivity index (χ2n) is 5.58. The van der Waals surface area contributed by atoms with Gasteiger partial charge in [-0.2, -0.15) is 0 Å². The van der Waals surface area contributed by atoms with E-state index in [0.717, 1.165) is 31.2 Å². The van der Waals surface area contributed by atoms with Crippen LogP contribution in [0.2, 0.25) is 0 Å². The van der Waals surface area contributed by atoms with Gasteiger partial charge in [0.2, 0.25) is 0 Å². The van der Waals surface area contributed by atoms with E-state index in [-0.39, 0.29) is 5.41 Å². The maximum Gasteiger partial charge on any atom is 0.133 e. The predicted molar refractivity (Wildman–Crippen MR) is 59.8 cm³/mol. The molecule has 1 aliphatic heterocycles. The van der Waals surface area contributed by atoms with E-state index in [1.54, 1.807) is 0 Å². The Labute approximate surface area is 91.1 Å². The molecule has 1 saturated heterocycles. The van der Waals surface area contributed by atoms with Gasteiger partial charge in [0, 0.05) is 19.5 Å². The lowest BCUT2D eigenvalue weighted by molar-refractivity contribution is 0.313. The summed E-state index contributed by atoms with van der Waals surface area (Å²) in [6.45, 7) is 10.9. The molecule has 0 spiro atoms. The number of nitrogens with zero attached hydrogens (tertiary/aromatic N) is 3. The summed E-state index contributed by atoms with van der Waals surface area (Å²) < 4.78 is 2.29. The summed E-state index contributed by atoms with van der Waals surface area (Å²) >= 11 is 0. The van der Waals surface area contributed by atoms with Crippen molar-refractivity contribution in [3.8, 4) is 0 Å². The predicted octanol–water partition coefficient (Wildman–Crippen LogP) is 1.32. The molecule has 0 atom stereocenters. The molecule has 1 N–H and O–H groups in total. The van der Waals surface area contributed by atoms with Crippen LogP contribution in [0.1, 0.15) is 38.5 Å². The molecule has 0 aliphatic carbocycles. The average Bonchev–Trinajstić information content (AvgIpc) is 2.29. The summed E-state index contributed by atoms with van der Waals surface area (Å²) in [6.07, 6.45) is 0.990. The van der Waals surface area contributed by atoms with Crippen molar-refractivity contribution < 1.29 is 0 Å². The van der Waals surface area contributed by atoms with Gasteiger partial charge >= 0.3 is 0 Å². The monoisotopic (exact) mass is 208 g/mol. The fraction of sp³-hybridized carbons (Fsp3) is 0.818. The Bertz CT molecular complexity index is 344. The molecule has 0 unspecified atom stereocenters. The Morgan fingerprint density at radius 3 is 2.47 bits per heavy atom. The Morgan fingerprint density at radius 2 is 2.00 bits per heavy atom. The van der Waals surface area contributed by atoms with E-state index in [1.807, 2.05) is 6.92 Å². The molecule has 84 valence electrons. The minimum absolute atomic E-state index is 0.272. The third kappa shape index (κ3) is 2.20. The van der Waals surface area contributed by atoms with Gasteiger partial charge in [-0.15, -0.1) is 10.2 Å². The normalized spacial score (nSPS) is 17.9. The second kappa shape index (κ2) is 3.59. The first-order chi connectivity index (χ1) is 6.97. The van der Waals surface area contributed by atoms with Crippen LogP contribution in [0, 0.1) is 12.3 Å². The van der Waals surface area contributed by atoms with Crippen LogP contribution in [0.25, 0.3) is 0 Å². The van der Waals surface area contributed by atoms with Gasteiger partial charge < -0.3 is 9.88 Å². The summed E-state index contributed by atoms with van der Waals surface area (Å²) in [5.74, 6) is 2.17. The van der Waals surface area contributed by atoms with Crippen LogP contribution in [0.4, 0.5) is 0 Å². The molecule has 2 rings (SSSR count). The SMILES string of the molecule is Cc1nnc(CC(C)(C)C)n1C1CNC1. The summed E-state index contributed by atoms with van der Waals surface area (Å²) in [4.78, 5) is 0. The van der Waals surface area contributed by atoms with Gasteiger partial charge in [-0.25, -0.2) is 0 Å². The lowest BCUT2D eigenvalue weighted by Gasteiger charge is -2.31. The lowest BCUT2D eigenvalue weighted by Crippen LogP contribution is -2.44. The number of hydrogen-bond acceptors (Lipinski definition) is 3. The summed E-state index contributed by atoms with van der Waals surface area (Å²) in [7, 11) is 0. The molecule has 1 aliphatic rings. The largest absolute Gasteiger partial charge is 0.313 e. The summed E-state index contributed by atoms with van der Waals surface area (Å²) in [5, 5.41) is 11.8. The van der Waals surface area contributed by atoms with Crippen LogP contribution >= 0.6 is 0 Å². The van der Waals surface area contributed by atoms with Crippen molar-refractivity contribution in [3.05, 3.63) is 11.6 Å². The summed E-state index contributed by atoms with van der Waals surface area (Å²) in [5.41, 5.74) is 0.272. The van der Waals surface area contributed by atoms with Gasteiger partial charge in [0.05, 0.1) is 6.04 Å². The highest BCUT2D eigenvalue weighted by Gasteiger charge is 2.25. The Hall–Kier alpha value is -0.900. The lowest BCUT2D eigenvalue weighted by atomic mass is 9.91. The number of aryl methyl sites for hydroxylation is 1. The Balaban J connectivity index is 2.23. The standard InChI is InChI=1S/C11H20N4/c1-8-13-14-10(5-11(2,3)4)15(8)9-6-12-7-9/h9,12H,5-7H2,1-4H3. The fourth-order valence-corrected chi connectivity index (χ4v) is 1.94. The smallest absolute Gasteiger partial charge is 0.133 e. The second-order valence-corrected chi connectivity index (χ2v) is 5.58. The minimum Gasteiger partial charge on any atom is -0.313 e. The van der Waals surface area contributed by atoms with Gasteiger partial charge in [0.15, 0.2) is 0 Å². The first-order valence-electron chi connectivity index (χ1n) is 5.58. The van der Waals surface area contributed by atoms with Gasteiger partial charge in [0.25, 0.3) is 0 Å². The molecule has 0 saturated carbocycles. The van der Waals surface area contributed by atoms with Gasteiger partial charge in [0.1, 0.15) is 11.6 Å². The molecule has 0 bridgehead atoms. The first-order valence-corrected chi connectivity index (χ1v) is 5.58. The third-order valence-corrected chi connectivity index (χ3v) is 2.75. The van der Waals surface area contributed by atoms with Crippen LogP contribution < -0.4 is 5.32 Å². The van der Waals surface area contributed by atoms with E-state index >= 15 is 0 Å². The molecule has 1 aromatic heterocycles. The van der Waals surface area contributed by atoms with E-state index in [2.05, 4.69) is 40.9 Å². The van der Waals surface area contributed by atoms with Crippen LogP contribution in [-0.4, -0.2) is 27.9 Å². The van der Waals surface area contributed by atoms with Crippen molar-refractivity contribution in [3.63, 3.8) is 0 Å². The van der Waals surface area contributed by atoms with Crippen molar-refractivity contribution >= 4 is 0 Å². The highest BCUT2D eigenvalue weighted by molar-refractivity contribution is 5.02. The molecular formula is C11H20N4. The van der Waals surface area contributed by atoms with Crippen LogP contribution in [-0.2, 0) is 6.42 Å². The third-order valence-electron chi connectivity index (χ3n) is 2.75. The van der Waals surface area contributed by atoms with Crippen molar-refractivity contribution in [2.75, 3.05) is 13.1 Å². The Morgan fingerprint density at radius 1 is 1.33 bits per heavy atom. The quantitative estimate of drug-likeness (QED) is 0.797. The molecule has 1 fully saturated rings. The van der Waals surface area contributed by atoms with Gasteiger partial charge in [-0.1, -0.05) is 20.8 Å².